The number of hydrogen-bond acceptors (Lipinski definition) is 5. The Kier molecular flexibility index (Phi) is 5.76. The minimum Gasteiger partial charge on any atom is -0.465 e. The molecule has 1 amide bonds. The van der Waals surface area contributed by atoms with Crippen LogP contribution in [0.1, 0.15) is 24.2 Å². The number of benzene rings is 1. The number of hydrogen-bond donors (Lipinski definition) is 2. The third-order valence-corrected chi connectivity index (χ3v) is 3.54. The largest absolute Gasteiger partial charge is 0.465 e. The number of aromatic nitrogens is 1. The zero-order valence-corrected chi connectivity index (χ0v) is 14.3. The van der Waals surface area contributed by atoms with Crippen LogP contribution in [0.5, 0.6) is 0 Å². The Balaban J connectivity index is 2.14. The number of anilines is 3. The van der Waals surface area contributed by atoms with Gasteiger partial charge in [-0.15, -0.1) is 0 Å². The summed E-state index contributed by atoms with van der Waals surface area (Å²) in [5, 5.41) is 6.25. The van der Waals surface area contributed by atoms with Gasteiger partial charge in [-0.25, -0.2) is 9.78 Å². The molecule has 1 aromatic carbocycles. The molecule has 0 saturated carbocycles. The lowest BCUT2D eigenvalue weighted by molar-refractivity contribution is -0.118. The molecule has 0 aliphatic rings. The molecule has 24 heavy (non-hydrogen) atoms. The van der Waals surface area contributed by atoms with Crippen LogP contribution in [-0.4, -0.2) is 24.0 Å². The van der Waals surface area contributed by atoms with Gasteiger partial charge in [0.25, 0.3) is 0 Å². The number of halogens is 1. The summed E-state index contributed by atoms with van der Waals surface area (Å²) in [4.78, 5) is 27.4. The molecule has 0 spiro atoms. The number of pyridine rings is 1. The van der Waals surface area contributed by atoms with Crippen molar-refractivity contribution in [3.63, 3.8) is 0 Å². The maximum Gasteiger partial charge on any atom is 0.337 e. The number of esters is 1. The summed E-state index contributed by atoms with van der Waals surface area (Å²) in [6, 6.07) is 8.23. The van der Waals surface area contributed by atoms with Crippen molar-refractivity contribution in [2.24, 2.45) is 5.92 Å². The van der Waals surface area contributed by atoms with E-state index in [1.807, 2.05) is 13.8 Å². The van der Waals surface area contributed by atoms with Crippen LogP contribution in [0.3, 0.4) is 0 Å². The van der Waals surface area contributed by atoms with Crippen molar-refractivity contribution < 1.29 is 14.3 Å². The van der Waals surface area contributed by atoms with Crippen LogP contribution >= 0.6 is 11.6 Å². The van der Waals surface area contributed by atoms with Gasteiger partial charge in [-0.2, -0.15) is 0 Å². The van der Waals surface area contributed by atoms with Gasteiger partial charge in [-0.1, -0.05) is 25.4 Å². The van der Waals surface area contributed by atoms with Crippen molar-refractivity contribution in [3.05, 3.63) is 47.1 Å². The van der Waals surface area contributed by atoms with E-state index in [2.05, 4.69) is 15.6 Å². The summed E-state index contributed by atoms with van der Waals surface area (Å²) in [5.74, 6) is -0.199. The summed E-state index contributed by atoms with van der Waals surface area (Å²) in [7, 11) is 1.32. The second-order valence-corrected chi connectivity index (χ2v) is 5.79. The highest BCUT2D eigenvalue weighted by Gasteiger charge is 2.10. The van der Waals surface area contributed by atoms with Crippen molar-refractivity contribution in [1.29, 1.82) is 0 Å². The topological polar surface area (TPSA) is 80.3 Å². The Bertz CT molecular complexity index is 745. The van der Waals surface area contributed by atoms with Crippen LogP contribution in [0.4, 0.5) is 17.2 Å². The molecule has 7 heteroatoms. The van der Waals surface area contributed by atoms with Crippen molar-refractivity contribution in [1.82, 2.24) is 4.98 Å². The fraction of sp³-hybridized carbons (Fsp3) is 0.235. The van der Waals surface area contributed by atoms with Gasteiger partial charge >= 0.3 is 5.97 Å². The molecule has 0 aliphatic carbocycles. The first-order valence-electron chi connectivity index (χ1n) is 7.32. The normalized spacial score (nSPS) is 10.4. The second-order valence-electron chi connectivity index (χ2n) is 5.39. The Labute approximate surface area is 145 Å². The molecule has 0 radical (unpaired) electrons. The first-order chi connectivity index (χ1) is 11.4. The first-order valence-corrected chi connectivity index (χ1v) is 7.70. The van der Waals surface area contributed by atoms with Crippen LogP contribution in [0, 0.1) is 5.92 Å². The highest BCUT2D eigenvalue weighted by atomic mass is 35.5. The number of carbonyl (C=O) groups is 2. The summed E-state index contributed by atoms with van der Waals surface area (Å²) < 4.78 is 4.69. The minimum absolute atomic E-state index is 0.1000. The predicted octanol–water partition coefficient (Wildman–Crippen LogP) is 3.86. The number of nitrogens with one attached hydrogen (secondary N) is 2. The van der Waals surface area contributed by atoms with Gasteiger partial charge in [-0.3, -0.25) is 4.79 Å². The van der Waals surface area contributed by atoms with E-state index in [-0.39, 0.29) is 11.8 Å². The van der Waals surface area contributed by atoms with Gasteiger partial charge in [0.15, 0.2) is 0 Å². The third-order valence-electron chi connectivity index (χ3n) is 3.21. The monoisotopic (exact) mass is 347 g/mol. The zero-order chi connectivity index (χ0) is 17.7. The number of carbonyl (C=O) groups excluding carboxylic acids is 2. The fourth-order valence-electron chi connectivity index (χ4n) is 1.83. The molecule has 0 atom stereocenters. The molecule has 1 aromatic heterocycles. The fourth-order valence-corrected chi connectivity index (χ4v) is 2.00. The van der Waals surface area contributed by atoms with Gasteiger partial charge in [0.1, 0.15) is 5.82 Å². The number of methoxy groups -OCH3 is 1. The smallest absolute Gasteiger partial charge is 0.337 e. The maximum absolute atomic E-state index is 11.6. The highest BCUT2D eigenvalue weighted by Crippen LogP contribution is 2.27. The Morgan fingerprint density at radius 1 is 1.21 bits per heavy atom. The number of amides is 1. The molecular weight excluding hydrogens is 330 g/mol. The summed E-state index contributed by atoms with van der Waals surface area (Å²) >= 11 is 6.14. The van der Waals surface area contributed by atoms with Gasteiger partial charge in [0.05, 0.1) is 35.3 Å². The molecule has 0 aliphatic heterocycles. The Hall–Kier alpha value is -2.60. The molecule has 2 aromatic rings. The highest BCUT2D eigenvalue weighted by molar-refractivity contribution is 6.33. The molecule has 0 fully saturated rings. The van der Waals surface area contributed by atoms with Gasteiger partial charge < -0.3 is 15.4 Å². The SMILES string of the molecule is COC(=O)c1ccc(Cl)c(Nc2ccc(NC(=O)C(C)C)nc2)c1. The number of rotatable bonds is 5. The van der Waals surface area contributed by atoms with Gasteiger partial charge in [0, 0.05) is 5.92 Å². The van der Waals surface area contributed by atoms with E-state index in [1.54, 1.807) is 36.5 Å². The molecule has 0 bridgehead atoms. The Morgan fingerprint density at radius 3 is 2.54 bits per heavy atom. The predicted molar refractivity (Wildman–Crippen MR) is 93.8 cm³/mol. The maximum atomic E-state index is 11.6. The lowest BCUT2D eigenvalue weighted by Gasteiger charge is -2.11. The van der Waals surface area contributed by atoms with Gasteiger partial charge in [0.2, 0.25) is 5.91 Å². The van der Waals surface area contributed by atoms with E-state index in [4.69, 9.17) is 16.3 Å². The van der Waals surface area contributed by atoms with E-state index in [9.17, 15) is 9.59 Å². The van der Waals surface area contributed by atoms with Crippen molar-refractivity contribution in [2.45, 2.75) is 13.8 Å². The van der Waals surface area contributed by atoms with Crippen LogP contribution in [0.2, 0.25) is 5.02 Å². The number of nitrogens with zero attached hydrogens (tertiary/aromatic N) is 1. The zero-order valence-electron chi connectivity index (χ0n) is 13.6. The standard InChI is InChI=1S/C17H18ClN3O3/c1-10(2)16(22)21-15-7-5-12(9-19-15)20-14-8-11(17(23)24-3)4-6-13(14)18/h4-10,20H,1-3H3,(H,19,21,22). The van der Waals surface area contributed by atoms with Crippen LogP contribution in [0.15, 0.2) is 36.5 Å². The van der Waals surface area contributed by atoms with E-state index < -0.39 is 5.97 Å². The van der Waals surface area contributed by atoms with Gasteiger partial charge in [-0.05, 0) is 30.3 Å². The molecule has 6 nitrogen and oxygen atoms in total. The number of ether oxygens (including phenoxy) is 1. The molecule has 2 N–H and O–H groups in total. The van der Waals surface area contributed by atoms with E-state index in [0.29, 0.717) is 27.8 Å². The molecule has 126 valence electrons. The third kappa shape index (κ3) is 4.45. The molecule has 0 saturated heterocycles. The van der Waals surface area contributed by atoms with E-state index in [0.717, 1.165) is 0 Å². The average Bonchev–Trinajstić information content (AvgIpc) is 2.57. The van der Waals surface area contributed by atoms with E-state index in [1.165, 1.54) is 7.11 Å². The molecule has 2 rings (SSSR count). The Morgan fingerprint density at radius 2 is 1.96 bits per heavy atom. The summed E-state index contributed by atoms with van der Waals surface area (Å²) in [6.07, 6.45) is 1.57. The second kappa shape index (κ2) is 7.79. The van der Waals surface area contributed by atoms with Crippen LogP contribution < -0.4 is 10.6 Å². The summed E-state index contributed by atoms with van der Waals surface area (Å²) in [5.41, 5.74) is 1.61. The lowest BCUT2D eigenvalue weighted by atomic mass is 10.2. The van der Waals surface area contributed by atoms with Crippen LogP contribution in [0.25, 0.3) is 0 Å². The van der Waals surface area contributed by atoms with E-state index >= 15 is 0 Å². The van der Waals surface area contributed by atoms with Crippen molar-refractivity contribution in [3.8, 4) is 0 Å². The average molecular weight is 348 g/mol. The minimum atomic E-state index is -0.445. The van der Waals surface area contributed by atoms with Crippen molar-refractivity contribution in [2.75, 3.05) is 17.7 Å². The molecular formula is C17H18ClN3O3. The molecule has 0 unspecified atom stereocenters. The first kappa shape index (κ1) is 17.7. The quantitative estimate of drug-likeness (QED) is 0.803. The van der Waals surface area contributed by atoms with Crippen molar-refractivity contribution >= 4 is 40.7 Å². The molecule has 1 heterocycles. The summed E-state index contributed by atoms with van der Waals surface area (Å²) in [6.45, 7) is 3.61. The lowest BCUT2D eigenvalue weighted by Crippen LogP contribution is -2.18. The van der Waals surface area contributed by atoms with Crippen LogP contribution in [-0.2, 0) is 9.53 Å².